The predicted molar refractivity (Wildman–Crippen MR) is 104 cm³/mol. The highest BCUT2D eigenvalue weighted by Crippen LogP contribution is 2.24. The first-order valence-electron chi connectivity index (χ1n) is 9.57. The zero-order valence-electron chi connectivity index (χ0n) is 15.5. The Kier molecular flexibility index (Phi) is 6.85. The molecule has 0 radical (unpaired) electrons. The average Bonchev–Trinajstić information content (AvgIpc) is 2.68. The van der Waals surface area contributed by atoms with Crippen molar-refractivity contribution in [3.8, 4) is 11.5 Å². The fraction of sp³-hybridized carbons (Fsp3) is 0.364. The zero-order valence-corrected chi connectivity index (χ0v) is 15.5. The number of carbonyl (C=O) groups excluding carboxylic acids is 2. The quantitative estimate of drug-likeness (QED) is 0.844. The molecule has 1 N–H and O–H groups in total. The van der Waals surface area contributed by atoms with E-state index in [1.807, 2.05) is 54.6 Å². The van der Waals surface area contributed by atoms with Gasteiger partial charge in [0, 0.05) is 25.1 Å². The Labute approximate surface area is 160 Å². The van der Waals surface area contributed by atoms with Gasteiger partial charge in [0.25, 0.3) is 0 Å². The lowest BCUT2D eigenvalue weighted by Crippen LogP contribution is -2.41. The van der Waals surface area contributed by atoms with Gasteiger partial charge < -0.3 is 15.0 Å². The third-order valence-corrected chi connectivity index (χ3v) is 4.68. The van der Waals surface area contributed by atoms with Crippen molar-refractivity contribution >= 4 is 11.8 Å². The molecule has 0 atom stereocenters. The number of ether oxygens (including phenoxy) is 1. The number of para-hydroxylation sites is 2. The summed E-state index contributed by atoms with van der Waals surface area (Å²) in [4.78, 5) is 26.2. The molecule has 2 aromatic rings. The second-order valence-electron chi connectivity index (χ2n) is 6.78. The number of benzene rings is 2. The summed E-state index contributed by atoms with van der Waals surface area (Å²) in [5.41, 5.74) is 0.897. The summed E-state index contributed by atoms with van der Waals surface area (Å²) in [5.74, 6) is 1.41. The fourth-order valence-electron chi connectivity index (χ4n) is 3.17. The van der Waals surface area contributed by atoms with Gasteiger partial charge in [-0.1, -0.05) is 49.2 Å². The molecule has 1 fully saturated rings. The van der Waals surface area contributed by atoms with E-state index in [4.69, 9.17) is 4.74 Å². The molecule has 2 amide bonds. The van der Waals surface area contributed by atoms with Crippen LogP contribution in [-0.4, -0.2) is 29.8 Å². The van der Waals surface area contributed by atoms with Crippen LogP contribution >= 0.6 is 0 Å². The number of nitrogens with zero attached hydrogens (tertiary/aromatic N) is 1. The minimum absolute atomic E-state index is 0.0812. The van der Waals surface area contributed by atoms with E-state index >= 15 is 0 Å². The molecule has 1 saturated heterocycles. The van der Waals surface area contributed by atoms with Crippen LogP contribution in [-0.2, 0) is 16.1 Å². The summed E-state index contributed by atoms with van der Waals surface area (Å²) in [6.07, 6.45) is 4.65. The van der Waals surface area contributed by atoms with Gasteiger partial charge in [0.2, 0.25) is 11.8 Å². The van der Waals surface area contributed by atoms with Crippen molar-refractivity contribution in [2.24, 2.45) is 0 Å². The molecular formula is C22H26N2O3. The molecule has 142 valence electrons. The molecule has 5 nitrogen and oxygen atoms in total. The molecule has 0 unspecified atom stereocenters. The van der Waals surface area contributed by atoms with E-state index < -0.39 is 0 Å². The lowest BCUT2D eigenvalue weighted by Gasteiger charge is -2.24. The maximum Gasteiger partial charge on any atom is 0.239 e. The second-order valence-corrected chi connectivity index (χ2v) is 6.78. The molecule has 0 spiro atoms. The molecule has 0 bridgehead atoms. The molecule has 0 aliphatic carbocycles. The van der Waals surface area contributed by atoms with Crippen LogP contribution in [0.2, 0.25) is 0 Å². The first-order chi connectivity index (χ1) is 13.2. The molecule has 1 aliphatic heterocycles. The van der Waals surface area contributed by atoms with Crippen molar-refractivity contribution in [1.29, 1.82) is 0 Å². The minimum atomic E-state index is -0.140. The number of likely N-dealkylation sites (tertiary alicyclic amines) is 1. The van der Waals surface area contributed by atoms with Crippen LogP contribution in [0.1, 0.15) is 37.7 Å². The number of rotatable bonds is 6. The number of hydrogen-bond acceptors (Lipinski definition) is 3. The van der Waals surface area contributed by atoms with E-state index in [1.54, 1.807) is 4.90 Å². The van der Waals surface area contributed by atoms with Gasteiger partial charge in [-0.15, -0.1) is 0 Å². The third-order valence-electron chi connectivity index (χ3n) is 4.68. The van der Waals surface area contributed by atoms with Gasteiger partial charge in [0.1, 0.15) is 11.5 Å². The van der Waals surface area contributed by atoms with Gasteiger partial charge in [0.15, 0.2) is 0 Å². The zero-order chi connectivity index (χ0) is 18.9. The first-order valence-corrected chi connectivity index (χ1v) is 9.57. The highest BCUT2D eigenvalue weighted by molar-refractivity contribution is 5.84. The molecule has 5 heteroatoms. The highest BCUT2D eigenvalue weighted by atomic mass is 16.5. The predicted octanol–water partition coefficient (Wildman–Crippen LogP) is 3.89. The standard InChI is InChI=1S/C22H26N2O3/c25-21(17-24-15-9-2-1-6-14-22(24)26)23-16-18-10-7-8-13-20(18)27-19-11-4-3-5-12-19/h3-5,7-8,10-13H,1-2,6,9,14-17H2,(H,23,25). The van der Waals surface area contributed by atoms with Crippen molar-refractivity contribution in [2.75, 3.05) is 13.1 Å². The molecule has 0 aromatic heterocycles. The summed E-state index contributed by atoms with van der Waals surface area (Å²) >= 11 is 0. The molecular weight excluding hydrogens is 340 g/mol. The Morgan fingerprint density at radius 1 is 0.963 bits per heavy atom. The topological polar surface area (TPSA) is 58.6 Å². The number of carbonyl (C=O) groups is 2. The van der Waals surface area contributed by atoms with Gasteiger partial charge >= 0.3 is 0 Å². The average molecular weight is 366 g/mol. The SMILES string of the molecule is O=C(CN1CCCCCCC1=O)NCc1ccccc1Oc1ccccc1. The van der Waals surface area contributed by atoms with Crippen molar-refractivity contribution < 1.29 is 14.3 Å². The largest absolute Gasteiger partial charge is 0.457 e. The van der Waals surface area contributed by atoms with Gasteiger partial charge in [-0.3, -0.25) is 9.59 Å². The van der Waals surface area contributed by atoms with E-state index in [1.165, 1.54) is 0 Å². The Morgan fingerprint density at radius 3 is 2.56 bits per heavy atom. The maximum absolute atomic E-state index is 12.4. The third kappa shape index (κ3) is 5.84. The first kappa shape index (κ1) is 19.0. The van der Waals surface area contributed by atoms with E-state index in [0.717, 1.165) is 37.0 Å². The Bertz CT molecular complexity index is 761. The van der Waals surface area contributed by atoms with Crippen molar-refractivity contribution in [1.82, 2.24) is 10.2 Å². The van der Waals surface area contributed by atoms with Crippen LogP contribution in [0.5, 0.6) is 11.5 Å². The molecule has 1 aliphatic rings. The molecule has 1 heterocycles. The van der Waals surface area contributed by atoms with Crippen molar-refractivity contribution in [3.63, 3.8) is 0 Å². The number of hydrogen-bond donors (Lipinski definition) is 1. The van der Waals surface area contributed by atoms with Gasteiger partial charge in [-0.05, 0) is 31.0 Å². The number of amides is 2. The van der Waals surface area contributed by atoms with E-state index in [-0.39, 0.29) is 18.4 Å². The lowest BCUT2D eigenvalue weighted by molar-refractivity contribution is -0.136. The smallest absolute Gasteiger partial charge is 0.239 e. The van der Waals surface area contributed by atoms with Crippen LogP contribution in [0.15, 0.2) is 54.6 Å². The molecule has 3 rings (SSSR count). The van der Waals surface area contributed by atoms with Crippen LogP contribution in [0.25, 0.3) is 0 Å². The maximum atomic E-state index is 12.4. The Balaban J connectivity index is 1.56. The summed E-state index contributed by atoms with van der Waals surface area (Å²) < 4.78 is 5.92. The van der Waals surface area contributed by atoms with Crippen molar-refractivity contribution in [3.05, 3.63) is 60.2 Å². The molecule has 2 aromatic carbocycles. The number of nitrogens with one attached hydrogen (secondary N) is 1. The molecule has 0 saturated carbocycles. The second kappa shape index (κ2) is 9.76. The van der Waals surface area contributed by atoms with Gasteiger partial charge in [0.05, 0.1) is 6.54 Å². The summed E-state index contributed by atoms with van der Waals surface area (Å²) in [5, 5.41) is 2.92. The van der Waals surface area contributed by atoms with E-state index in [2.05, 4.69) is 5.32 Å². The Hall–Kier alpha value is -2.82. The summed E-state index contributed by atoms with van der Waals surface area (Å²) in [6, 6.07) is 17.2. The van der Waals surface area contributed by atoms with Crippen LogP contribution in [0, 0.1) is 0 Å². The molecule has 27 heavy (non-hydrogen) atoms. The van der Waals surface area contributed by atoms with Crippen LogP contribution in [0.4, 0.5) is 0 Å². The monoisotopic (exact) mass is 366 g/mol. The summed E-state index contributed by atoms with van der Waals surface area (Å²) in [7, 11) is 0. The van der Waals surface area contributed by atoms with Crippen LogP contribution < -0.4 is 10.1 Å². The normalized spacial score (nSPS) is 15.0. The van der Waals surface area contributed by atoms with E-state index in [0.29, 0.717) is 25.3 Å². The minimum Gasteiger partial charge on any atom is -0.457 e. The van der Waals surface area contributed by atoms with Crippen LogP contribution in [0.3, 0.4) is 0 Å². The highest BCUT2D eigenvalue weighted by Gasteiger charge is 2.18. The summed E-state index contributed by atoms with van der Waals surface area (Å²) in [6.45, 7) is 1.16. The van der Waals surface area contributed by atoms with E-state index in [9.17, 15) is 9.59 Å². The van der Waals surface area contributed by atoms with Crippen molar-refractivity contribution in [2.45, 2.75) is 38.6 Å². The fourth-order valence-corrected chi connectivity index (χ4v) is 3.17. The lowest BCUT2D eigenvalue weighted by atomic mass is 10.1. The van der Waals surface area contributed by atoms with Gasteiger partial charge in [-0.2, -0.15) is 0 Å². The Morgan fingerprint density at radius 2 is 1.70 bits per heavy atom. The van der Waals surface area contributed by atoms with Gasteiger partial charge in [-0.25, -0.2) is 0 Å².